The lowest BCUT2D eigenvalue weighted by Crippen LogP contribution is -2.48. The van der Waals surface area contributed by atoms with Crippen molar-refractivity contribution < 1.29 is 24.2 Å². The highest BCUT2D eigenvalue weighted by Crippen LogP contribution is 2.40. The lowest BCUT2D eigenvalue weighted by Gasteiger charge is -2.34. The fourth-order valence-corrected chi connectivity index (χ4v) is 2.34. The van der Waals surface area contributed by atoms with Crippen LogP contribution in [0.1, 0.15) is 20.8 Å². The Bertz CT molecular complexity index is 581. The molecule has 1 aromatic carbocycles. The molecular weight excluding hydrogens is 342 g/mol. The van der Waals surface area contributed by atoms with Gasteiger partial charge in [-0.05, 0) is 48.8 Å². The SMILES string of the molecule is CC(C)(C)OC(=O)N1CC(C(=O)O)Oc2c(Br)cccc21. The van der Waals surface area contributed by atoms with Crippen LogP contribution in [-0.4, -0.2) is 35.4 Å². The maximum absolute atomic E-state index is 12.3. The normalized spacial score (nSPS) is 17.7. The molecule has 114 valence electrons. The van der Waals surface area contributed by atoms with Crippen LogP contribution in [0.5, 0.6) is 5.75 Å². The molecule has 1 heterocycles. The summed E-state index contributed by atoms with van der Waals surface area (Å²) in [6.07, 6.45) is -1.74. The molecule has 1 aliphatic heterocycles. The Morgan fingerprint density at radius 1 is 1.43 bits per heavy atom. The van der Waals surface area contributed by atoms with E-state index in [1.807, 2.05) is 0 Å². The van der Waals surface area contributed by atoms with Gasteiger partial charge < -0.3 is 14.6 Å². The van der Waals surface area contributed by atoms with Crippen molar-refractivity contribution in [2.24, 2.45) is 0 Å². The number of hydrogen-bond acceptors (Lipinski definition) is 4. The van der Waals surface area contributed by atoms with Crippen LogP contribution in [0, 0.1) is 0 Å². The van der Waals surface area contributed by atoms with Crippen molar-refractivity contribution >= 4 is 33.7 Å². The van der Waals surface area contributed by atoms with E-state index in [2.05, 4.69) is 15.9 Å². The third kappa shape index (κ3) is 3.47. The minimum absolute atomic E-state index is 0.103. The van der Waals surface area contributed by atoms with Crippen LogP contribution in [0.25, 0.3) is 0 Å². The first-order valence-corrected chi connectivity index (χ1v) is 7.17. The summed E-state index contributed by atoms with van der Waals surface area (Å²) in [6.45, 7) is 5.15. The molecule has 6 nitrogen and oxygen atoms in total. The van der Waals surface area contributed by atoms with Crippen LogP contribution in [-0.2, 0) is 9.53 Å². The molecule has 21 heavy (non-hydrogen) atoms. The molecule has 0 radical (unpaired) electrons. The Hall–Kier alpha value is -1.76. The first-order valence-electron chi connectivity index (χ1n) is 6.37. The molecular formula is C14H16BrNO5. The molecule has 1 atom stereocenters. The third-order valence-corrected chi connectivity index (χ3v) is 3.36. The van der Waals surface area contributed by atoms with Crippen molar-refractivity contribution in [1.82, 2.24) is 0 Å². The Labute approximate surface area is 130 Å². The molecule has 0 aliphatic carbocycles. The van der Waals surface area contributed by atoms with Crippen LogP contribution in [0.4, 0.5) is 10.5 Å². The second kappa shape index (κ2) is 5.55. The third-order valence-electron chi connectivity index (χ3n) is 2.73. The van der Waals surface area contributed by atoms with E-state index in [1.54, 1.807) is 39.0 Å². The Morgan fingerprint density at radius 3 is 2.67 bits per heavy atom. The van der Waals surface area contributed by atoms with E-state index in [0.717, 1.165) is 0 Å². The number of nitrogens with zero attached hydrogens (tertiary/aromatic N) is 1. The molecule has 0 saturated carbocycles. The maximum atomic E-state index is 12.3. The topological polar surface area (TPSA) is 76.1 Å². The molecule has 0 bridgehead atoms. The summed E-state index contributed by atoms with van der Waals surface area (Å²) < 4.78 is 11.3. The molecule has 1 amide bonds. The number of fused-ring (bicyclic) bond motifs is 1. The van der Waals surface area contributed by atoms with E-state index in [4.69, 9.17) is 14.6 Å². The monoisotopic (exact) mass is 357 g/mol. The molecule has 1 aromatic rings. The summed E-state index contributed by atoms with van der Waals surface area (Å²) in [6, 6.07) is 5.14. The first kappa shape index (κ1) is 15.6. The number of rotatable bonds is 1. The number of amides is 1. The van der Waals surface area contributed by atoms with Gasteiger partial charge in [-0.2, -0.15) is 0 Å². The van der Waals surface area contributed by atoms with Gasteiger partial charge in [0, 0.05) is 0 Å². The minimum atomic E-state index is -1.14. The average Bonchev–Trinajstić information content (AvgIpc) is 2.36. The van der Waals surface area contributed by atoms with Gasteiger partial charge in [0.25, 0.3) is 0 Å². The Balaban J connectivity index is 2.39. The summed E-state index contributed by atoms with van der Waals surface area (Å²) in [5.74, 6) is -0.813. The van der Waals surface area contributed by atoms with Crippen LogP contribution >= 0.6 is 15.9 Å². The number of ether oxygens (including phenoxy) is 2. The van der Waals surface area contributed by atoms with Crippen LogP contribution in [0.2, 0.25) is 0 Å². The fourth-order valence-electron chi connectivity index (χ4n) is 1.89. The quantitative estimate of drug-likeness (QED) is 0.835. The minimum Gasteiger partial charge on any atom is -0.478 e. The van der Waals surface area contributed by atoms with Crippen LogP contribution in [0.15, 0.2) is 22.7 Å². The van der Waals surface area contributed by atoms with Gasteiger partial charge in [-0.25, -0.2) is 9.59 Å². The van der Waals surface area contributed by atoms with Crippen LogP contribution in [0.3, 0.4) is 0 Å². The molecule has 1 N–H and O–H groups in total. The van der Waals surface area contributed by atoms with Crippen molar-refractivity contribution in [1.29, 1.82) is 0 Å². The molecule has 0 aromatic heterocycles. The molecule has 7 heteroatoms. The fraction of sp³-hybridized carbons (Fsp3) is 0.429. The zero-order valence-corrected chi connectivity index (χ0v) is 13.5. The lowest BCUT2D eigenvalue weighted by atomic mass is 10.2. The van der Waals surface area contributed by atoms with Crippen molar-refractivity contribution in [2.75, 3.05) is 11.4 Å². The van der Waals surface area contributed by atoms with E-state index in [0.29, 0.717) is 15.9 Å². The number of aliphatic carboxylic acids is 1. The molecule has 1 aliphatic rings. The number of hydrogen-bond donors (Lipinski definition) is 1. The second-order valence-corrected chi connectivity index (χ2v) is 6.48. The second-order valence-electron chi connectivity index (χ2n) is 5.62. The predicted octanol–water partition coefficient (Wildman–Crippen LogP) is 3.04. The first-order chi connectivity index (χ1) is 9.69. The van der Waals surface area contributed by atoms with Crippen LogP contribution < -0.4 is 9.64 Å². The Morgan fingerprint density at radius 2 is 2.10 bits per heavy atom. The van der Waals surface area contributed by atoms with E-state index in [-0.39, 0.29) is 6.54 Å². The standard InChI is InChI=1S/C14H16BrNO5/c1-14(2,3)21-13(19)16-7-10(12(17)18)20-11-8(15)5-4-6-9(11)16/h4-6,10H,7H2,1-3H3,(H,17,18). The number of benzene rings is 1. The zero-order chi connectivity index (χ0) is 15.8. The number of carbonyl (C=O) groups is 2. The highest BCUT2D eigenvalue weighted by Gasteiger charge is 2.36. The number of anilines is 1. The van der Waals surface area contributed by atoms with E-state index < -0.39 is 23.8 Å². The van der Waals surface area contributed by atoms with Gasteiger partial charge in [-0.15, -0.1) is 0 Å². The van der Waals surface area contributed by atoms with Gasteiger partial charge >= 0.3 is 12.1 Å². The number of carboxylic acid groups (broad SMARTS) is 1. The predicted molar refractivity (Wildman–Crippen MR) is 79.8 cm³/mol. The van der Waals surface area contributed by atoms with Gasteiger partial charge in [-0.1, -0.05) is 6.07 Å². The maximum Gasteiger partial charge on any atom is 0.415 e. The average molecular weight is 358 g/mol. The van der Waals surface area contributed by atoms with Crippen molar-refractivity contribution in [2.45, 2.75) is 32.5 Å². The largest absolute Gasteiger partial charge is 0.478 e. The summed E-state index contributed by atoms with van der Waals surface area (Å²) in [7, 11) is 0. The summed E-state index contributed by atoms with van der Waals surface area (Å²) in [5.41, 5.74) is -0.184. The highest BCUT2D eigenvalue weighted by molar-refractivity contribution is 9.10. The number of carbonyl (C=O) groups excluding carboxylic acids is 1. The molecule has 0 saturated heterocycles. The van der Waals surface area contributed by atoms with E-state index in [9.17, 15) is 9.59 Å². The number of para-hydroxylation sites is 1. The van der Waals surface area contributed by atoms with E-state index >= 15 is 0 Å². The number of carboxylic acids is 1. The number of halogens is 1. The molecule has 2 rings (SSSR count). The van der Waals surface area contributed by atoms with Crippen molar-refractivity contribution in [3.63, 3.8) is 0 Å². The zero-order valence-electron chi connectivity index (χ0n) is 11.9. The van der Waals surface area contributed by atoms with Gasteiger partial charge in [0.2, 0.25) is 6.10 Å². The molecule has 0 spiro atoms. The van der Waals surface area contributed by atoms with Gasteiger partial charge in [-0.3, -0.25) is 4.90 Å². The molecule has 1 unspecified atom stereocenters. The van der Waals surface area contributed by atoms with Gasteiger partial charge in [0.1, 0.15) is 5.60 Å². The summed E-state index contributed by atoms with van der Waals surface area (Å²) >= 11 is 3.30. The van der Waals surface area contributed by atoms with Gasteiger partial charge in [0.05, 0.1) is 16.7 Å². The van der Waals surface area contributed by atoms with Crippen molar-refractivity contribution in [3.05, 3.63) is 22.7 Å². The summed E-state index contributed by atoms with van der Waals surface area (Å²) in [5, 5.41) is 9.17. The molecule has 0 fully saturated rings. The highest BCUT2D eigenvalue weighted by atomic mass is 79.9. The smallest absolute Gasteiger partial charge is 0.415 e. The Kier molecular flexibility index (Phi) is 4.13. The van der Waals surface area contributed by atoms with Gasteiger partial charge in [0.15, 0.2) is 5.75 Å². The van der Waals surface area contributed by atoms with E-state index in [1.165, 1.54) is 4.90 Å². The lowest BCUT2D eigenvalue weighted by molar-refractivity contribution is -0.144. The summed E-state index contributed by atoms with van der Waals surface area (Å²) in [4.78, 5) is 24.8. The van der Waals surface area contributed by atoms with Crippen molar-refractivity contribution in [3.8, 4) is 5.75 Å².